The molecule has 0 aliphatic rings. The molecule has 0 unspecified atom stereocenters. The topological polar surface area (TPSA) is 14.2 Å². The van der Waals surface area contributed by atoms with Crippen LogP contribution in [-0.2, 0) is 0 Å². The van der Waals surface area contributed by atoms with Gasteiger partial charge in [0.15, 0.2) is 0 Å². The first kappa shape index (κ1) is 12.1. The molecule has 4 heteroatoms. The first-order chi connectivity index (χ1) is 9.26. The van der Waals surface area contributed by atoms with E-state index in [4.69, 9.17) is 4.74 Å². The monoisotopic (exact) mass is 273 g/mol. The van der Waals surface area contributed by atoms with Crippen LogP contribution in [0.15, 0.2) is 59.6 Å². The largest absolute Gasteiger partial charge is 0.497 e. The average molecular weight is 273 g/mol. The molecule has 1 aromatic heterocycles. The summed E-state index contributed by atoms with van der Waals surface area (Å²) in [7, 11) is 1.65. The molecule has 0 radical (unpaired) electrons. The zero-order valence-corrected chi connectivity index (χ0v) is 11.2. The molecule has 0 bridgehead atoms. The Kier molecular flexibility index (Phi) is 3.17. The Hall–Kier alpha value is -1.94. The molecule has 0 spiro atoms. The molecule has 0 saturated heterocycles. The Bertz CT molecular complexity index is 723. The van der Waals surface area contributed by atoms with E-state index in [-0.39, 0.29) is 5.82 Å². The van der Waals surface area contributed by atoms with Gasteiger partial charge >= 0.3 is 0 Å². The first-order valence-electron chi connectivity index (χ1n) is 5.85. The highest BCUT2D eigenvalue weighted by Crippen LogP contribution is 2.28. The van der Waals surface area contributed by atoms with E-state index < -0.39 is 0 Å². The molecular weight excluding hydrogens is 261 g/mol. The summed E-state index contributed by atoms with van der Waals surface area (Å²) in [5.41, 5.74) is 0.995. The van der Waals surface area contributed by atoms with Gasteiger partial charge in [-0.15, -0.1) is 0 Å². The van der Waals surface area contributed by atoms with Crippen molar-refractivity contribution in [1.29, 1.82) is 0 Å². The second kappa shape index (κ2) is 4.97. The van der Waals surface area contributed by atoms with E-state index in [9.17, 15) is 4.39 Å². The van der Waals surface area contributed by atoms with Crippen molar-refractivity contribution in [2.45, 2.75) is 4.90 Å². The van der Waals surface area contributed by atoms with Crippen LogP contribution in [0.2, 0.25) is 0 Å². The second-order valence-corrected chi connectivity index (χ2v) is 5.16. The van der Waals surface area contributed by atoms with Crippen molar-refractivity contribution in [2.24, 2.45) is 0 Å². The summed E-state index contributed by atoms with van der Waals surface area (Å²) in [4.78, 5) is 1.07. The van der Waals surface area contributed by atoms with Gasteiger partial charge in [0.25, 0.3) is 0 Å². The van der Waals surface area contributed by atoms with Gasteiger partial charge in [0.05, 0.1) is 12.6 Å². The summed E-state index contributed by atoms with van der Waals surface area (Å²) in [6, 6.07) is 14.6. The maximum Gasteiger partial charge on any atom is 0.123 e. The zero-order valence-electron chi connectivity index (χ0n) is 10.3. The van der Waals surface area contributed by atoms with E-state index in [1.54, 1.807) is 25.1 Å². The molecular formula is C15H12FNOS. The highest BCUT2D eigenvalue weighted by molar-refractivity contribution is 7.98. The van der Waals surface area contributed by atoms with Gasteiger partial charge in [0.1, 0.15) is 11.6 Å². The third kappa shape index (κ3) is 2.44. The number of halogens is 1. The molecule has 0 saturated carbocycles. The predicted molar refractivity (Wildman–Crippen MR) is 76.1 cm³/mol. The Labute approximate surface area is 114 Å². The molecule has 0 fully saturated rings. The van der Waals surface area contributed by atoms with Gasteiger partial charge in [-0.3, -0.25) is 3.97 Å². The number of benzene rings is 2. The zero-order chi connectivity index (χ0) is 13.2. The summed E-state index contributed by atoms with van der Waals surface area (Å²) >= 11 is 1.57. The van der Waals surface area contributed by atoms with Gasteiger partial charge in [-0.25, -0.2) is 4.39 Å². The van der Waals surface area contributed by atoms with E-state index in [0.717, 1.165) is 21.5 Å². The number of hydrogen-bond donors (Lipinski definition) is 0. The Morgan fingerprint density at radius 3 is 2.84 bits per heavy atom. The van der Waals surface area contributed by atoms with Crippen molar-refractivity contribution >= 4 is 22.9 Å². The van der Waals surface area contributed by atoms with Crippen LogP contribution in [0.1, 0.15) is 0 Å². The van der Waals surface area contributed by atoms with Crippen LogP contribution >= 0.6 is 11.9 Å². The van der Waals surface area contributed by atoms with Gasteiger partial charge in [0.2, 0.25) is 0 Å². The maximum atomic E-state index is 13.1. The van der Waals surface area contributed by atoms with Crippen LogP contribution in [0.25, 0.3) is 10.9 Å². The number of hydrogen-bond acceptors (Lipinski definition) is 2. The van der Waals surface area contributed by atoms with E-state index in [0.29, 0.717) is 0 Å². The molecule has 2 aromatic carbocycles. The quantitative estimate of drug-likeness (QED) is 0.704. The predicted octanol–water partition coefficient (Wildman–Crippen LogP) is 4.34. The van der Waals surface area contributed by atoms with Gasteiger partial charge in [-0.2, -0.15) is 0 Å². The second-order valence-electron chi connectivity index (χ2n) is 4.11. The summed E-state index contributed by atoms with van der Waals surface area (Å²) in [5.74, 6) is 0.615. The van der Waals surface area contributed by atoms with Gasteiger partial charge in [-0.1, -0.05) is 6.07 Å². The normalized spacial score (nSPS) is 10.8. The van der Waals surface area contributed by atoms with Crippen LogP contribution in [0.3, 0.4) is 0 Å². The number of fused-ring (bicyclic) bond motifs is 1. The molecule has 3 aromatic rings. The van der Waals surface area contributed by atoms with Gasteiger partial charge < -0.3 is 4.74 Å². The SMILES string of the molecule is COc1cccc(Sn2ccc3cc(F)ccc32)c1. The molecule has 19 heavy (non-hydrogen) atoms. The van der Waals surface area contributed by atoms with Gasteiger partial charge in [-0.05, 0) is 54.4 Å². The molecule has 0 amide bonds. The number of rotatable bonds is 3. The number of nitrogens with zero attached hydrogens (tertiary/aromatic N) is 1. The lowest BCUT2D eigenvalue weighted by Gasteiger charge is -2.06. The summed E-state index contributed by atoms with van der Waals surface area (Å²) in [6.07, 6.45) is 1.94. The number of methoxy groups -OCH3 is 1. The van der Waals surface area contributed by atoms with Crippen molar-refractivity contribution in [3.8, 4) is 5.75 Å². The average Bonchev–Trinajstić information content (AvgIpc) is 2.81. The third-order valence-electron chi connectivity index (χ3n) is 2.86. The smallest absolute Gasteiger partial charge is 0.123 e. The standard InChI is InChI=1S/C15H12FNOS/c1-18-13-3-2-4-14(10-13)19-17-8-7-11-9-12(16)5-6-15(11)17/h2-10H,1H3. The van der Waals surface area contributed by atoms with Crippen molar-refractivity contribution in [3.05, 3.63) is 60.5 Å². The number of ether oxygens (including phenoxy) is 1. The fourth-order valence-electron chi connectivity index (χ4n) is 1.94. The lowest BCUT2D eigenvalue weighted by atomic mass is 10.2. The van der Waals surface area contributed by atoms with E-state index in [2.05, 4.69) is 0 Å². The molecule has 3 rings (SSSR count). The highest BCUT2D eigenvalue weighted by Gasteiger charge is 2.04. The first-order valence-corrected chi connectivity index (χ1v) is 6.62. The van der Waals surface area contributed by atoms with Crippen molar-refractivity contribution in [1.82, 2.24) is 3.97 Å². The lowest BCUT2D eigenvalue weighted by molar-refractivity contribution is 0.413. The van der Waals surface area contributed by atoms with Gasteiger partial charge in [0, 0.05) is 16.5 Å². The summed E-state index contributed by atoms with van der Waals surface area (Å²) in [6.45, 7) is 0. The highest BCUT2D eigenvalue weighted by atomic mass is 32.2. The Morgan fingerprint density at radius 2 is 2.00 bits per heavy atom. The fraction of sp³-hybridized carbons (Fsp3) is 0.0667. The third-order valence-corrected chi connectivity index (χ3v) is 3.84. The van der Waals surface area contributed by atoms with Crippen LogP contribution in [0, 0.1) is 5.82 Å². The Balaban J connectivity index is 1.96. The van der Waals surface area contributed by atoms with E-state index in [1.165, 1.54) is 12.1 Å². The van der Waals surface area contributed by atoms with Crippen LogP contribution in [-0.4, -0.2) is 11.1 Å². The molecule has 2 nitrogen and oxygen atoms in total. The summed E-state index contributed by atoms with van der Waals surface area (Å²) < 4.78 is 20.4. The van der Waals surface area contributed by atoms with Crippen LogP contribution in [0.4, 0.5) is 4.39 Å². The maximum absolute atomic E-state index is 13.1. The Morgan fingerprint density at radius 1 is 1.11 bits per heavy atom. The van der Waals surface area contributed by atoms with Crippen molar-refractivity contribution in [2.75, 3.05) is 7.11 Å². The minimum absolute atomic E-state index is 0.211. The molecule has 0 atom stereocenters. The molecule has 0 aliphatic carbocycles. The summed E-state index contributed by atoms with van der Waals surface area (Å²) in [5, 5.41) is 0.899. The van der Waals surface area contributed by atoms with Crippen molar-refractivity contribution in [3.63, 3.8) is 0 Å². The molecule has 1 heterocycles. The van der Waals surface area contributed by atoms with Crippen LogP contribution < -0.4 is 4.74 Å². The molecule has 0 N–H and O–H groups in total. The molecule has 0 aliphatic heterocycles. The minimum Gasteiger partial charge on any atom is -0.497 e. The number of aromatic nitrogens is 1. The molecule has 96 valence electrons. The fourth-order valence-corrected chi connectivity index (χ4v) is 2.86. The van der Waals surface area contributed by atoms with Crippen LogP contribution in [0.5, 0.6) is 5.75 Å². The van der Waals surface area contributed by atoms with Crippen molar-refractivity contribution < 1.29 is 9.13 Å². The van der Waals surface area contributed by atoms with E-state index >= 15 is 0 Å². The lowest BCUT2D eigenvalue weighted by Crippen LogP contribution is -1.86. The minimum atomic E-state index is -0.211. The van der Waals surface area contributed by atoms with E-state index in [1.807, 2.05) is 40.5 Å².